The number of hydrogen-bond acceptors (Lipinski definition) is 5. The number of sulfonamides is 1. The number of rotatable bonds is 12. The lowest BCUT2D eigenvalue weighted by atomic mass is 9.95. The maximum absolute atomic E-state index is 14.1. The summed E-state index contributed by atoms with van der Waals surface area (Å²) in [6.45, 7) is 5.69. The van der Waals surface area contributed by atoms with Gasteiger partial charge in [-0.25, -0.2) is 8.42 Å². The van der Waals surface area contributed by atoms with Crippen molar-refractivity contribution in [2.24, 2.45) is 0 Å². The van der Waals surface area contributed by atoms with Gasteiger partial charge in [-0.15, -0.1) is 0 Å². The minimum atomic E-state index is -4.13. The average Bonchev–Trinajstić information content (AvgIpc) is 2.99. The maximum atomic E-state index is 14.1. The van der Waals surface area contributed by atoms with E-state index in [-0.39, 0.29) is 23.4 Å². The monoisotopic (exact) mass is 591 g/mol. The van der Waals surface area contributed by atoms with E-state index in [2.05, 4.69) is 5.32 Å². The van der Waals surface area contributed by atoms with Crippen LogP contribution in [0.3, 0.4) is 0 Å². The van der Waals surface area contributed by atoms with E-state index in [0.717, 1.165) is 47.5 Å². The molecule has 0 saturated heterocycles. The molecule has 0 radical (unpaired) electrons. The van der Waals surface area contributed by atoms with Gasteiger partial charge in [0.25, 0.3) is 10.0 Å². The lowest BCUT2D eigenvalue weighted by molar-refractivity contribution is -0.139. The smallest absolute Gasteiger partial charge is 0.264 e. The molecule has 8 nitrogen and oxygen atoms in total. The van der Waals surface area contributed by atoms with Crippen LogP contribution in [0.25, 0.3) is 0 Å². The van der Waals surface area contributed by atoms with Gasteiger partial charge in [-0.3, -0.25) is 13.9 Å². The third-order valence-electron chi connectivity index (χ3n) is 7.60. The van der Waals surface area contributed by atoms with Gasteiger partial charge in [0.15, 0.2) is 0 Å². The largest absolute Gasteiger partial charge is 0.494 e. The molecule has 1 N–H and O–H groups in total. The van der Waals surface area contributed by atoms with Gasteiger partial charge >= 0.3 is 0 Å². The van der Waals surface area contributed by atoms with Crippen LogP contribution in [0.1, 0.15) is 57.1 Å². The van der Waals surface area contributed by atoms with Crippen LogP contribution in [0.4, 0.5) is 5.69 Å². The fraction of sp³-hybridized carbons (Fsp3) is 0.394. The second-order valence-corrected chi connectivity index (χ2v) is 12.6. The zero-order chi connectivity index (χ0) is 30.1. The van der Waals surface area contributed by atoms with Gasteiger partial charge in [0.05, 0.1) is 17.2 Å². The van der Waals surface area contributed by atoms with Crippen LogP contribution in [-0.2, 0) is 26.2 Å². The second-order valence-electron chi connectivity index (χ2n) is 10.8. The van der Waals surface area contributed by atoms with Crippen molar-refractivity contribution in [1.82, 2.24) is 10.2 Å². The van der Waals surface area contributed by atoms with Crippen LogP contribution in [0.15, 0.2) is 83.8 Å². The van der Waals surface area contributed by atoms with E-state index in [0.29, 0.717) is 18.0 Å². The number of aryl methyl sites for hydroxylation is 1. The molecular formula is C33H41N3O5S. The molecule has 0 unspecified atom stereocenters. The molecule has 9 heteroatoms. The Morgan fingerprint density at radius 2 is 1.64 bits per heavy atom. The summed E-state index contributed by atoms with van der Waals surface area (Å²) in [7, 11) is -4.13. The maximum Gasteiger partial charge on any atom is 0.264 e. The normalized spacial score (nSPS) is 14.5. The van der Waals surface area contributed by atoms with Crippen molar-refractivity contribution in [2.75, 3.05) is 17.5 Å². The van der Waals surface area contributed by atoms with E-state index in [1.165, 1.54) is 17.0 Å². The fourth-order valence-corrected chi connectivity index (χ4v) is 6.70. The van der Waals surface area contributed by atoms with Crippen molar-refractivity contribution in [2.45, 2.75) is 76.4 Å². The Morgan fingerprint density at radius 1 is 0.952 bits per heavy atom. The highest BCUT2D eigenvalue weighted by molar-refractivity contribution is 7.92. The summed E-state index contributed by atoms with van der Waals surface area (Å²) in [5, 5.41) is 3.13. The van der Waals surface area contributed by atoms with Crippen LogP contribution in [0, 0.1) is 6.92 Å². The van der Waals surface area contributed by atoms with Gasteiger partial charge in [-0.05, 0) is 75.6 Å². The second kappa shape index (κ2) is 14.4. The van der Waals surface area contributed by atoms with Crippen LogP contribution in [-0.4, -0.2) is 50.4 Å². The summed E-state index contributed by atoms with van der Waals surface area (Å²) in [5.74, 6) is -0.148. The Morgan fingerprint density at radius 3 is 2.29 bits per heavy atom. The molecule has 3 aromatic rings. The number of nitrogens with one attached hydrogen (secondary N) is 1. The van der Waals surface area contributed by atoms with E-state index in [9.17, 15) is 18.0 Å². The number of hydrogen-bond donors (Lipinski definition) is 1. The molecule has 0 aliphatic heterocycles. The first-order valence-electron chi connectivity index (χ1n) is 14.6. The van der Waals surface area contributed by atoms with Gasteiger partial charge in [0, 0.05) is 12.6 Å². The minimum absolute atomic E-state index is 0.0379. The minimum Gasteiger partial charge on any atom is -0.494 e. The van der Waals surface area contributed by atoms with E-state index < -0.39 is 28.5 Å². The molecule has 0 spiro atoms. The Hall–Kier alpha value is -3.85. The molecule has 1 fully saturated rings. The van der Waals surface area contributed by atoms with Gasteiger partial charge in [-0.2, -0.15) is 0 Å². The first kappa shape index (κ1) is 31.1. The Kier molecular flexibility index (Phi) is 10.6. The van der Waals surface area contributed by atoms with Crippen molar-refractivity contribution in [1.29, 1.82) is 0 Å². The van der Waals surface area contributed by atoms with E-state index in [1.54, 1.807) is 49.4 Å². The first-order chi connectivity index (χ1) is 20.2. The summed E-state index contributed by atoms with van der Waals surface area (Å²) < 4.78 is 34.5. The van der Waals surface area contributed by atoms with Gasteiger partial charge in [-0.1, -0.05) is 67.3 Å². The highest BCUT2D eigenvalue weighted by Crippen LogP contribution is 2.26. The Balaban J connectivity index is 1.65. The predicted octanol–water partition coefficient (Wildman–Crippen LogP) is 5.46. The zero-order valence-electron chi connectivity index (χ0n) is 24.7. The van der Waals surface area contributed by atoms with Gasteiger partial charge in [0.2, 0.25) is 11.8 Å². The lowest BCUT2D eigenvalue weighted by Crippen LogP contribution is -2.53. The molecule has 42 heavy (non-hydrogen) atoms. The third-order valence-corrected chi connectivity index (χ3v) is 9.39. The van der Waals surface area contributed by atoms with Crippen LogP contribution in [0.2, 0.25) is 0 Å². The number of benzene rings is 3. The SMILES string of the molecule is CCOc1ccc(S(=O)(=O)N(CC(=O)N(Cc2cccc(C)c2)[C@@H](C)C(=O)NC2CCCCC2)c2ccccc2)cc1. The molecule has 0 bridgehead atoms. The lowest BCUT2D eigenvalue weighted by Gasteiger charge is -2.33. The summed E-state index contributed by atoms with van der Waals surface area (Å²) in [5.41, 5.74) is 2.25. The van der Waals surface area contributed by atoms with Crippen LogP contribution in [0.5, 0.6) is 5.75 Å². The Bertz CT molecular complexity index is 1440. The molecule has 4 rings (SSSR count). The summed E-state index contributed by atoms with van der Waals surface area (Å²) in [6.07, 6.45) is 5.15. The number of carbonyl (C=O) groups is 2. The van der Waals surface area contributed by atoms with Crippen molar-refractivity contribution in [3.8, 4) is 5.75 Å². The van der Waals surface area contributed by atoms with E-state index >= 15 is 0 Å². The van der Waals surface area contributed by atoms with Crippen LogP contribution >= 0.6 is 0 Å². The number of nitrogens with zero attached hydrogens (tertiary/aromatic N) is 2. The topological polar surface area (TPSA) is 96.0 Å². The zero-order valence-corrected chi connectivity index (χ0v) is 25.5. The van der Waals surface area contributed by atoms with Gasteiger partial charge in [0.1, 0.15) is 18.3 Å². The first-order valence-corrected chi connectivity index (χ1v) is 16.1. The van der Waals surface area contributed by atoms with E-state index in [1.807, 2.05) is 38.1 Å². The third kappa shape index (κ3) is 7.91. The average molecular weight is 592 g/mol. The van der Waals surface area contributed by atoms with Crippen molar-refractivity contribution >= 4 is 27.5 Å². The quantitative estimate of drug-likeness (QED) is 0.302. The summed E-state index contributed by atoms with van der Waals surface area (Å²) >= 11 is 0. The molecule has 0 heterocycles. The highest BCUT2D eigenvalue weighted by atomic mass is 32.2. The standard InChI is InChI=1S/C33H41N3O5S/c1-4-41-30-18-20-31(21-19-30)42(39,40)36(29-16-9-6-10-17-29)24-32(37)35(23-27-13-11-12-25(2)22-27)26(3)33(38)34-28-14-7-5-8-15-28/h6,9-13,16-22,26,28H,4-5,7-8,14-15,23-24H2,1-3H3,(H,34,38)/t26-/m0/s1. The van der Waals surface area contributed by atoms with Crippen LogP contribution < -0.4 is 14.4 Å². The van der Waals surface area contributed by atoms with Crippen molar-refractivity contribution < 1.29 is 22.7 Å². The number of amides is 2. The summed E-state index contributed by atoms with van der Waals surface area (Å²) in [6, 6.07) is 21.8. The highest BCUT2D eigenvalue weighted by Gasteiger charge is 2.33. The molecule has 2 amide bonds. The number of anilines is 1. The predicted molar refractivity (Wildman–Crippen MR) is 165 cm³/mol. The molecule has 1 atom stereocenters. The van der Waals surface area contributed by atoms with E-state index in [4.69, 9.17) is 4.74 Å². The molecule has 0 aromatic heterocycles. The molecule has 3 aromatic carbocycles. The number of para-hydroxylation sites is 1. The Labute approximate surface area is 249 Å². The number of ether oxygens (including phenoxy) is 1. The fourth-order valence-electron chi connectivity index (χ4n) is 5.28. The summed E-state index contributed by atoms with van der Waals surface area (Å²) in [4.78, 5) is 29.0. The van der Waals surface area contributed by atoms with Gasteiger partial charge < -0.3 is 15.0 Å². The molecule has 224 valence electrons. The van der Waals surface area contributed by atoms with Crippen molar-refractivity contribution in [3.05, 3.63) is 90.0 Å². The molecule has 1 aliphatic carbocycles. The van der Waals surface area contributed by atoms with Crippen molar-refractivity contribution in [3.63, 3.8) is 0 Å². The number of carbonyl (C=O) groups excluding carboxylic acids is 2. The molecule has 1 aliphatic rings. The molecular weight excluding hydrogens is 550 g/mol. The molecule has 1 saturated carbocycles.